The fraction of sp³-hybridized carbons (Fsp3) is 0.828. The third-order valence-corrected chi connectivity index (χ3v) is 9.17. The molecule has 3 aliphatic rings. The van der Waals surface area contributed by atoms with Crippen molar-refractivity contribution in [3.05, 3.63) is 12.2 Å². The minimum absolute atomic E-state index is 0.0439. The molecule has 2 N–H and O–H groups in total. The van der Waals surface area contributed by atoms with Gasteiger partial charge in [0.25, 0.3) is 5.60 Å². The highest BCUT2D eigenvalue weighted by Gasteiger charge is 2.76. The minimum atomic E-state index is -6.28. The number of carbonyl (C=O) groups excluding carboxylic acids is 3. The molecule has 0 aromatic carbocycles. The van der Waals surface area contributed by atoms with Crippen molar-refractivity contribution >= 4 is 17.9 Å². The molecule has 10 nitrogen and oxygen atoms in total. The summed E-state index contributed by atoms with van der Waals surface area (Å²) in [5.41, 5.74) is -15.0. The van der Waals surface area contributed by atoms with Crippen molar-refractivity contribution in [2.24, 2.45) is 17.3 Å². The van der Waals surface area contributed by atoms with Crippen molar-refractivity contribution in [1.29, 1.82) is 0 Å². The molecule has 19 heteroatoms. The molecule has 0 spiro atoms. The lowest BCUT2D eigenvalue weighted by atomic mass is 9.73. The summed E-state index contributed by atoms with van der Waals surface area (Å²) in [5.74, 6) is -4.71. The van der Waals surface area contributed by atoms with Gasteiger partial charge in [0.1, 0.15) is 18.3 Å². The summed E-state index contributed by atoms with van der Waals surface area (Å²) < 4.78 is 147. The van der Waals surface area contributed by atoms with Crippen LogP contribution in [0, 0.1) is 17.3 Å². The topological polar surface area (TPSA) is 138 Å². The number of rotatable bonds is 13. The molecule has 48 heavy (non-hydrogen) atoms. The molecule has 1 heterocycles. The molecule has 7 unspecified atom stereocenters. The van der Waals surface area contributed by atoms with Gasteiger partial charge in [0.05, 0.1) is 24.4 Å². The SMILES string of the molecule is C=C(C)C(=O)OC1C2CC3C1OC(=O)C3(C(=O)OC(CC(C)(C)OCC(C)(O)C(F)(F)F)C(C)(C)OCC(O)(C(F)(F)F)C(F)(F)F)C2. The van der Waals surface area contributed by atoms with Gasteiger partial charge in [0.15, 0.2) is 11.0 Å². The Morgan fingerprint density at radius 2 is 1.48 bits per heavy atom. The van der Waals surface area contributed by atoms with Crippen molar-refractivity contribution < 1.29 is 87.8 Å². The molecule has 2 bridgehead atoms. The molecule has 2 saturated carbocycles. The van der Waals surface area contributed by atoms with Gasteiger partial charge in [0, 0.05) is 23.8 Å². The highest BCUT2D eigenvalue weighted by molar-refractivity contribution is 6.03. The van der Waals surface area contributed by atoms with Gasteiger partial charge >= 0.3 is 36.4 Å². The van der Waals surface area contributed by atoms with E-state index in [0.29, 0.717) is 6.92 Å². The van der Waals surface area contributed by atoms with E-state index < -0.39 is 114 Å². The summed E-state index contributed by atoms with van der Waals surface area (Å²) in [5, 5.41) is 19.4. The van der Waals surface area contributed by atoms with Crippen LogP contribution in [0.15, 0.2) is 12.2 Å². The van der Waals surface area contributed by atoms with Gasteiger partial charge in [-0.15, -0.1) is 0 Å². The van der Waals surface area contributed by atoms with Crippen LogP contribution in [-0.4, -0.2) is 101 Å². The Labute approximate surface area is 268 Å². The van der Waals surface area contributed by atoms with E-state index in [1.54, 1.807) is 0 Å². The largest absolute Gasteiger partial charge is 0.458 e. The average molecular weight is 717 g/mol. The average Bonchev–Trinajstić information content (AvgIpc) is 3.51. The second-order valence-electron chi connectivity index (χ2n) is 14.0. The van der Waals surface area contributed by atoms with E-state index in [1.807, 2.05) is 0 Å². The van der Waals surface area contributed by atoms with Gasteiger partial charge in [-0.25, -0.2) is 4.79 Å². The van der Waals surface area contributed by atoms with E-state index in [2.05, 4.69) is 6.58 Å². The van der Waals surface area contributed by atoms with E-state index in [-0.39, 0.29) is 18.4 Å². The first-order valence-electron chi connectivity index (χ1n) is 14.5. The fourth-order valence-corrected chi connectivity index (χ4v) is 5.95. The number of carbonyl (C=O) groups is 3. The number of fused-ring (bicyclic) bond motifs is 1. The van der Waals surface area contributed by atoms with Crippen molar-refractivity contribution in [3.8, 4) is 0 Å². The van der Waals surface area contributed by atoms with Gasteiger partial charge in [-0.1, -0.05) is 6.58 Å². The normalized spacial score (nSPS) is 28.1. The summed E-state index contributed by atoms with van der Waals surface area (Å²) in [7, 11) is 0. The maximum absolute atomic E-state index is 13.8. The third kappa shape index (κ3) is 7.14. The predicted octanol–water partition coefficient (Wildman–Crippen LogP) is 4.49. The van der Waals surface area contributed by atoms with Crippen LogP contribution in [0.4, 0.5) is 39.5 Å². The Bertz CT molecular complexity index is 1270. The molecule has 0 aromatic rings. The molecule has 1 saturated heterocycles. The molecule has 0 amide bonds. The lowest BCUT2D eigenvalue weighted by Gasteiger charge is -2.42. The van der Waals surface area contributed by atoms with Crippen LogP contribution in [-0.2, 0) is 38.1 Å². The summed E-state index contributed by atoms with van der Waals surface area (Å²) >= 11 is 0. The van der Waals surface area contributed by atoms with Crippen LogP contribution in [0.3, 0.4) is 0 Å². The minimum Gasteiger partial charge on any atom is -0.458 e. The molecule has 7 atom stereocenters. The number of hydrogen-bond acceptors (Lipinski definition) is 10. The lowest BCUT2D eigenvalue weighted by molar-refractivity contribution is -0.384. The van der Waals surface area contributed by atoms with Crippen LogP contribution >= 0.6 is 0 Å². The monoisotopic (exact) mass is 716 g/mol. The first-order valence-corrected chi connectivity index (χ1v) is 14.5. The Morgan fingerprint density at radius 1 is 0.938 bits per heavy atom. The summed E-state index contributed by atoms with van der Waals surface area (Å²) in [6, 6.07) is 0. The van der Waals surface area contributed by atoms with Gasteiger partial charge < -0.3 is 33.9 Å². The summed E-state index contributed by atoms with van der Waals surface area (Å²) in [6.07, 6.45) is -22.6. The number of hydrogen-bond donors (Lipinski definition) is 2. The van der Waals surface area contributed by atoms with Gasteiger partial charge in [-0.3, -0.25) is 9.59 Å². The second-order valence-corrected chi connectivity index (χ2v) is 14.0. The second kappa shape index (κ2) is 12.3. The van der Waals surface area contributed by atoms with Crippen molar-refractivity contribution in [3.63, 3.8) is 0 Å². The highest BCUT2D eigenvalue weighted by Crippen LogP contribution is 2.63. The van der Waals surface area contributed by atoms with E-state index in [0.717, 1.165) is 27.7 Å². The Morgan fingerprint density at radius 3 is 1.96 bits per heavy atom. The maximum Gasteiger partial charge on any atom is 0.428 e. The summed E-state index contributed by atoms with van der Waals surface area (Å²) in [4.78, 5) is 39.1. The maximum atomic E-state index is 13.8. The fourth-order valence-electron chi connectivity index (χ4n) is 5.95. The first-order chi connectivity index (χ1) is 21.3. The number of esters is 3. The van der Waals surface area contributed by atoms with Crippen LogP contribution in [0.5, 0.6) is 0 Å². The quantitative estimate of drug-likeness (QED) is 0.0923. The van der Waals surface area contributed by atoms with E-state index >= 15 is 0 Å². The standard InChI is InChI=1S/C29H37F9O10/c1-13(2)19(39)47-17-14-8-15-18(17)48-21(41)25(15,9-14)20(40)46-16(10-22(3,4)44-11-24(7,42)27(30,31)32)23(5,6)45-12-26(43,28(33,34)35)29(36,37)38/h14-18,42-43H,1,8-12H2,2-7H3. The highest BCUT2D eigenvalue weighted by atomic mass is 19.4. The van der Waals surface area contributed by atoms with Gasteiger partial charge in [-0.05, 0) is 54.4 Å². The van der Waals surface area contributed by atoms with Gasteiger partial charge in [-0.2, -0.15) is 39.5 Å². The Balaban J connectivity index is 1.93. The molecule has 0 radical (unpaired) electrons. The van der Waals surface area contributed by atoms with E-state index in [1.165, 1.54) is 6.92 Å². The van der Waals surface area contributed by atoms with Gasteiger partial charge in [0.2, 0.25) is 0 Å². The van der Waals surface area contributed by atoms with Crippen LogP contribution in [0.25, 0.3) is 0 Å². The van der Waals surface area contributed by atoms with Crippen LogP contribution in [0.2, 0.25) is 0 Å². The molecule has 3 rings (SSSR count). The predicted molar refractivity (Wildman–Crippen MR) is 142 cm³/mol. The number of aliphatic hydroxyl groups is 2. The zero-order valence-electron chi connectivity index (χ0n) is 26.7. The lowest BCUT2D eigenvalue weighted by Crippen LogP contribution is -2.62. The molecule has 1 aliphatic heterocycles. The van der Waals surface area contributed by atoms with E-state index in [4.69, 9.17) is 23.7 Å². The summed E-state index contributed by atoms with van der Waals surface area (Å²) in [6.45, 7) is 5.45. The first kappa shape index (κ1) is 39.8. The zero-order chi connectivity index (χ0) is 37.3. The van der Waals surface area contributed by atoms with Crippen molar-refractivity contribution in [2.45, 2.75) is 120 Å². The number of halogens is 9. The van der Waals surface area contributed by atoms with Crippen molar-refractivity contribution in [1.82, 2.24) is 0 Å². The molecule has 0 aromatic heterocycles. The molecular weight excluding hydrogens is 679 g/mol. The van der Waals surface area contributed by atoms with Crippen LogP contribution < -0.4 is 0 Å². The Hall–Kier alpha value is -2.64. The third-order valence-electron chi connectivity index (χ3n) is 9.17. The van der Waals surface area contributed by atoms with E-state index in [9.17, 15) is 64.1 Å². The molecule has 276 valence electrons. The van der Waals surface area contributed by atoms with Crippen molar-refractivity contribution in [2.75, 3.05) is 13.2 Å². The van der Waals surface area contributed by atoms with Crippen LogP contribution in [0.1, 0.15) is 60.8 Å². The number of alkyl halides is 9. The Kier molecular flexibility index (Phi) is 10.2. The molecule has 2 aliphatic carbocycles. The zero-order valence-corrected chi connectivity index (χ0v) is 26.7. The molecule has 3 fully saturated rings. The molecular formula is C29H37F9O10. The number of ether oxygens (including phenoxy) is 5. The smallest absolute Gasteiger partial charge is 0.428 e.